The predicted molar refractivity (Wildman–Crippen MR) is 197 cm³/mol. The van der Waals surface area contributed by atoms with Crippen LogP contribution in [-0.2, 0) is 32.1 Å². The van der Waals surface area contributed by atoms with Gasteiger partial charge in [0.25, 0.3) is 0 Å². The Balaban J connectivity index is 0.000000162. The van der Waals surface area contributed by atoms with Crippen molar-refractivity contribution in [2.45, 2.75) is 39.0 Å². The number of rotatable bonds is 12. The fraction of sp³-hybridized carbons (Fsp3) is 0.200. The molecule has 0 saturated heterocycles. The summed E-state index contributed by atoms with van der Waals surface area (Å²) in [5, 5.41) is 33.5. The molecule has 0 spiro atoms. The molecular weight excluding hydrogens is 656 g/mol. The molecule has 8 aromatic rings. The molecule has 4 aromatic carbocycles. The number of nitrogens with one attached hydrogen (secondary N) is 2. The third-order valence-electron chi connectivity index (χ3n) is 8.61. The number of aromatic nitrogens is 8. The number of aromatic amines is 2. The number of H-pyrrole nitrogens is 2. The SMILES string of the molecule is C=Cc1n[nH]c2ccc(Cc3nnc(Cc4cccc(OC)c4)o3)cc12.CCc1[nH]nc2ccc(Cc3nnc(Cc4cccc(OC)c4)o3)cc12. The smallest absolute Gasteiger partial charge is 0.220 e. The number of hydrogen-bond donors (Lipinski definition) is 2. The van der Waals surface area contributed by atoms with E-state index in [1.165, 1.54) is 0 Å². The molecule has 0 fully saturated rings. The molecule has 0 unspecified atom stereocenters. The summed E-state index contributed by atoms with van der Waals surface area (Å²) in [6.45, 7) is 5.90. The molecule has 4 aromatic heterocycles. The number of hydrogen-bond acceptors (Lipinski definition) is 10. The fourth-order valence-electron chi connectivity index (χ4n) is 5.96. The zero-order chi connectivity index (χ0) is 35.9. The summed E-state index contributed by atoms with van der Waals surface area (Å²) in [6, 6.07) is 28.0. The summed E-state index contributed by atoms with van der Waals surface area (Å²) in [5.74, 6) is 4.03. The average molecular weight is 695 g/mol. The second-order valence-corrected chi connectivity index (χ2v) is 12.2. The van der Waals surface area contributed by atoms with Crippen LogP contribution in [-0.4, -0.2) is 55.0 Å². The number of aryl methyl sites for hydroxylation is 1. The maximum atomic E-state index is 5.83. The van der Waals surface area contributed by atoms with E-state index in [9.17, 15) is 0 Å². The number of ether oxygens (including phenoxy) is 2. The first-order chi connectivity index (χ1) is 25.5. The van der Waals surface area contributed by atoms with E-state index in [0.717, 1.165) is 73.4 Å². The zero-order valence-electron chi connectivity index (χ0n) is 29.2. The Kier molecular flexibility index (Phi) is 10.1. The van der Waals surface area contributed by atoms with Crippen LogP contribution >= 0.6 is 0 Å². The van der Waals surface area contributed by atoms with Crippen molar-refractivity contribution in [3.8, 4) is 11.5 Å². The highest BCUT2D eigenvalue weighted by Crippen LogP contribution is 2.23. The van der Waals surface area contributed by atoms with Crippen LogP contribution in [0.25, 0.3) is 27.9 Å². The first-order valence-electron chi connectivity index (χ1n) is 16.9. The molecule has 12 heteroatoms. The highest BCUT2D eigenvalue weighted by Gasteiger charge is 2.12. The Morgan fingerprint density at radius 1 is 0.615 bits per heavy atom. The van der Waals surface area contributed by atoms with Gasteiger partial charge in [-0.3, -0.25) is 10.2 Å². The summed E-state index contributed by atoms with van der Waals surface area (Å²) in [7, 11) is 3.31. The van der Waals surface area contributed by atoms with Crippen LogP contribution in [0.15, 0.2) is 100 Å². The molecule has 0 aliphatic heterocycles. The Labute approximate surface area is 299 Å². The van der Waals surface area contributed by atoms with Gasteiger partial charge in [-0.25, -0.2) is 0 Å². The van der Waals surface area contributed by atoms with Gasteiger partial charge in [0.15, 0.2) is 0 Å². The van der Waals surface area contributed by atoms with Gasteiger partial charge in [0.05, 0.1) is 56.6 Å². The highest BCUT2D eigenvalue weighted by atomic mass is 16.5. The number of nitrogens with zero attached hydrogens (tertiary/aromatic N) is 6. The molecule has 0 amide bonds. The molecule has 8 rings (SSSR count). The van der Waals surface area contributed by atoms with Crippen molar-refractivity contribution in [3.63, 3.8) is 0 Å². The summed E-state index contributed by atoms with van der Waals surface area (Å²) in [5.41, 5.74) is 8.30. The molecule has 0 aliphatic carbocycles. The van der Waals surface area contributed by atoms with Crippen molar-refractivity contribution in [1.82, 2.24) is 40.8 Å². The van der Waals surface area contributed by atoms with Gasteiger partial charge >= 0.3 is 0 Å². The van der Waals surface area contributed by atoms with Gasteiger partial charge in [0.2, 0.25) is 23.6 Å². The van der Waals surface area contributed by atoms with Crippen LogP contribution < -0.4 is 9.47 Å². The van der Waals surface area contributed by atoms with E-state index in [4.69, 9.17) is 18.3 Å². The monoisotopic (exact) mass is 694 g/mol. The largest absolute Gasteiger partial charge is 0.497 e. The molecule has 262 valence electrons. The lowest BCUT2D eigenvalue weighted by atomic mass is 10.1. The number of methoxy groups -OCH3 is 2. The van der Waals surface area contributed by atoms with Gasteiger partial charge in [-0.1, -0.05) is 49.9 Å². The zero-order valence-corrected chi connectivity index (χ0v) is 29.2. The first kappa shape index (κ1) is 33.9. The van der Waals surface area contributed by atoms with Crippen LogP contribution in [0.4, 0.5) is 0 Å². The summed E-state index contributed by atoms with van der Waals surface area (Å²) < 4.78 is 22.1. The minimum Gasteiger partial charge on any atom is -0.497 e. The van der Waals surface area contributed by atoms with Crippen LogP contribution in [0, 0.1) is 0 Å². The van der Waals surface area contributed by atoms with Crippen molar-refractivity contribution in [2.24, 2.45) is 0 Å². The molecule has 4 heterocycles. The first-order valence-corrected chi connectivity index (χ1v) is 16.9. The highest BCUT2D eigenvalue weighted by molar-refractivity contribution is 5.87. The van der Waals surface area contributed by atoms with E-state index in [2.05, 4.69) is 72.5 Å². The van der Waals surface area contributed by atoms with Gasteiger partial charge < -0.3 is 18.3 Å². The Morgan fingerprint density at radius 2 is 1.13 bits per heavy atom. The molecule has 2 N–H and O–H groups in total. The van der Waals surface area contributed by atoms with Gasteiger partial charge in [0.1, 0.15) is 11.5 Å². The Bertz CT molecular complexity index is 2440. The van der Waals surface area contributed by atoms with E-state index >= 15 is 0 Å². The van der Waals surface area contributed by atoms with Crippen molar-refractivity contribution in [1.29, 1.82) is 0 Å². The Hall–Kier alpha value is -6.56. The van der Waals surface area contributed by atoms with Crippen molar-refractivity contribution in [2.75, 3.05) is 14.2 Å². The van der Waals surface area contributed by atoms with Crippen molar-refractivity contribution in [3.05, 3.63) is 149 Å². The third-order valence-corrected chi connectivity index (χ3v) is 8.61. The van der Waals surface area contributed by atoms with Gasteiger partial charge in [0, 0.05) is 16.5 Å². The molecule has 0 atom stereocenters. The predicted octanol–water partition coefficient (Wildman–Crippen LogP) is 7.48. The second kappa shape index (κ2) is 15.5. The lowest BCUT2D eigenvalue weighted by Gasteiger charge is -2.01. The van der Waals surface area contributed by atoms with Crippen molar-refractivity contribution >= 4 is 27.9 Å². The quantitative estimate of drug-likeness (QED) is 0.132. The maximum Gasteiger partial charge on any atom is 0.220 e. The third kappa shape index (κ3) is 7.91. The molecule has 0 saturated carbocycles. The maximum absolute atomic E-state index is 5.83. The van der Waals surface area contributed by atoms with E-state index in [-0.39, 0.29) is 0 Å². The molecule has 0 radical (unpaired) electrons. The molecular formula is C40H38N8O4. The molecule has 52 heavy (non-hydrogen) atoms. The summed E-state index contributed by atoms with van der Waals surface area (Å²) in [4.78, 5) is 0. The molecule has 0 bridgehead atoms. The molecule has 0 aliphatic rings. The minimum absolute atomic E-state index is 0.572. The summed E-state index contributed by atoms with van der Waals surface area (Å²) >= 11 is 0. The fourth-order valence-corrected chi connectivity index (χ4v) is 5.96. The summed E-state index contributed by atoms with van der Waals surface area (Å²) in [6.07, 6.45) is 5.00. The van der Waals surface area contributed by atoms with Crippen LogP contribution in [0.1, 0.15) is 64.1 Å². The molecule has 12 nitrogen and oxygen atoms in total. The van der Waals surface area contributed by atoms with E-state index in [1.54, 1.807) is 20.3 Å². The van der Waals surface area contributed by atoms with E-state index < -0.39 is 0 Å². The Morgan fingerprint density at radius 3 is 1.65 bits per heavy atom. The van der Waals surface area contributed by atoms with E-state index in [1.807, 2.05) is 66.7 Å². The average Bonchev–Trinajstić information content (AvgIpc) is 3.99. The van der Waals surface area contributed by atoms with Crippen LogP contribution in [0.5, 0.6) is 11.5 Å². The lowest BCUT2D eigenvalue weighted by Crippen LogP contribution is -1.90. The van der Waals surface area contributed by atoms with Crippen LogP contribution in [0.3, 0.4) is 0 Å². The number of benzene rings is 4. The normalized spacial score (nSPS) is 11.1. The minimum atomic E-state index is 0.572. The van der Waals surface area contributed by atoms with E-state index in [0.29, 0.717) is 49.2 Å². The van der Waals surface area contributed by atoms with Gasteiger partial charge in [-0.05, 0) is 83.3 Å². The number of fused-ring (bicyclic) bond motifs is 2. The lowest BCUT2D eigenvalue weighted by molar-refractivity contribution is 0.414. The van der Waals surface area contributed by atoms with Crippen molar-refractivity contribution < 1.29 is 18.3 Å². The second-order valence-electron chi connectivity index (χ2n) is 12.2. The topological polar surface area (TPSA) is 154 Å². The van der Waals surface area contributed by atoms with Gasteiger partial charge in [-0.2, -0.15) is 10.2 Å². The van der Waals surface area contributed by atoms with Crippen LogP contribution in [0.2, 0.25) is 0 Å². The standard InChI is InChI=1S/C20H20N4O2.C20H18N4O2/c2*1-3-17-16-10-14(7-8-18(16)22-21-17)12-20-24-23-19(26-20)11-13-5-4-6-15(9-13)25-2/h4-10H,3,11-12H2,1-2H3,(H,21,22);3-10H,1,11-12H2,2H3,(H,21,22). The van der Waals surface area contributed by atoms with Gasteiger partial charge in [-0.15, -0.1) is 20.4 Å².